The fraction of sp³-hybridized carbons (Fsp3) is 0.588. The molecule has 102 valence electrons. The molecule has 1 fully saturated rings. The lowest BCUT2D eigenvalue weighted by Crippen LogP contribution is -2.18. The van der Waals surface area contributed by atoms with Crippen LogP contribution in [0.1, 0.15) is 68.2 Å². The van der Waals surface area contributed by atoms with Crippen LogP contribution in [-0.2, 0) is 6.42 Å². The van der Waals surface area contributed by atoms with E-state index in [1.807, 2.05) is 0 Å². The van der Waals surface area contributed by atoms with Gasteiger partial charge >= 0.3 is 0 Å². The summed E-state index contributed by atoms with van der Waals surface area (Å²) < 4.78 is 0. The number of nitrogens with zero attached hydrogens (tertiary/aromatic N) is 1. The number of hydrogen-bond donors (Lipinski definition) is 1. The van der Waals surface area contributed by atoms with Crippen LogP contribution in [0.15, 0.2) is 23.2 Å². The monoisotopic (exact) mass is 256 g/mol. The van der Waals surface area contributed by atoms with Crippen molar-refractivity contribution < 1.29 is 0 Å². The Morgan fingerprint density at radius 2 is 1.95 bits per heavy atom. The van der Waals surface area contributed by atoms with Gasteiger partial charge in [-0.05, 0) is 61.8 Å². The van der Waals surface area contributed by atoms with Crippen molar-refractivity contribution in [2.45, 2.75) is 64.0 Å². The van der Waals surface area contributed by atoms with Crippen LogP contribution >= 0.6 is 0 Å². The van der Waals surface area contributed by atoms with E-state index < -0.39 is 0 Å². The fourth-order valence-corrected chi connectivity index (χ4v) is 3.46. The quantitative estimate of drug-likeness (QED) is 0.804. The van der Waals surface area contributed by atoms with Gasteiger partial charge < -0.3 is 5.73 Å². The van der Waals surface area contributed by atoms with Gasteiger partial charge in [0.05, 0.1) is 6.04 Å². The highest BCUT2D eigenvalue weighted by molar-refractivity contribution is 5.99. The van der Waals surface area contributed by atoms with Crippen LogP contribution in [0.4, 0.5) is 0 Å². The summed E-state index contributed by atoms with van der Waals surface area (Å²) in [6, 6.07) is 7.56. The minimum Gasteiger partial charge on any atom is -0.324 e. The maximum atomic E-state index is 6.17. The zero-order valence-electron chi connectivity index (χ0n) is 11.9. The minimum atomic E-state index is 0.241. The standard InChI is InChI=1S/C17H24N2/c1-12(19-15-6-2-3-7-15)13-9-10-16-14(11-13)5-4-8-17(16)18/h9-11,15,17H,2-8,18H2,1H3. The van der Waals surface area contributed by atoms with Gasteiger partial charge in [-0.15, -0.1) is 0 Å². The smallest absolute Gasteiger partial charge is 0.0503 e. The fourth-order valence-electron chi connectivity index (χ4n) is 3.46. The summed E-state index contributed by atoms with van der Waals surface area (Å²) in [5, 5.41) is 0. The van der Waals surface area contributed by atoms with Crippen LogP contribution in [0.25, 0.3) is 0 Å². The van der Waals surface area contributed by atoms with E-state index in [2.05, 4.69) is 25.1 Å². The molecule has 19 heavy (non-hydrogen) atoms. The maximum Gasteiger partial charge on any atom is 0.0503 e. The molecular formula is C17H24N2. The molecule has 0 amide bonds. The van der Waals surface area contributed by atoms with Gasteiger partial charge in [-0.1, -0.05) is 25.0 Å². The van der Waals surface area contributed by atoms with E-state index in [1.165, 1.54) is 60.9 Å². The molecule has 1 aromatic rings. The molecule has 0 heterocycles. The molecule has 0 saturated heterocycles. The summed E-state index contributed by atoms with van der Waals surface area (Å²) in [5.41, 5.74) is 11.5. The third kappa shape index (κ3) is 2.74. The average molecular weight is 256 g/mol. The Hall–Kier alpha value is -1.15. The van der Waals surface area contributed by atoms with E-state index in [1.54, 1.807) is 0 Å². The highest BCUT2D eigenvalue weighted by Gasteiger charge is 2.18. The lowest BCUT2D eigenvalue weighted by atomic mass is 9.86. The van der Waals surface area contributed by atoms with Crippen LogP contribution in [0.2, 0.25) is 0 Å². The molecule has 0 spiro atoms. The maximum absolute atomic E-state index is 6.17. The number of benzene rings is 1. The zero-order valence-corrected chi connectivity index (χ0v) is 11.9. The minimum absolute atomic E-state index is 0.241. The average Bonchev–Trinajstić information content (AvgIpc) is 2.91. The number of fused-ring (bicyclic) bond motifs is 1. The van der Waals surface area contributed by atoms with Gasteiger partial charge in [0, 0.05) is 11.8 Å². The molecule has 3 rings (SSSR count). The largest absolute Gasteiger partial charge is 0.324 e. The number of hydrogen-bond acceptors (Lipinski definition) is 2. The van der Waals surface area contributed by atoms with Gasteiger partial charge in [-0.25, -0.2) is 0 Å². The van der Waals surface area contributed by atoms with Gasteiger partial charge in [0.15, 0.2) is 0 Å². The Balaban J connectivity index is 1.85. The van der Waals surface area contributed by atoms with Crippen LogP contribution in [0, 0.1) is 0 Å². The summed E-state index contributed by atoms with van der Waals surface area (Å²) in [7, 11) is 0. The van der Waals surface area contributed by atoms with Crippen molar-refractivity contribution in [2.24, 2.45) is 10.7 Å². The van der Waals surface area contributed by atoms with Gasteiger partial charge in [0.1, 0.15) is 0 Å². The van der Waals surface area contributed by atoms with Crippen LogP contribution in [0.3, 0.4) is 0 Å². The molecule has 2 aliphatic carbocycles. The molecule has 2 nitrogen and oxygen atoms in total. The Labute approximate surface area is 116 Å². The van der Waals surface area contributed by atoms with E-state index in [0.29, 0.717) is 6.04 Å². The Morgan fingerprint density at radius 3 is 2.74 bits per heavy atom. The Bertz CT molecular complexity index is 484. The van der Waals surface area contributed by atoms with Crippen molar-refractivity contribution in [3.8, 4) is 0 Å². The summed E-state index contributed by atoms with van der Waals surface area (Å²) >= 11 is 0. The first kappa shape index (κ1) is 12.9. The molecular weight excluding hydrogens is 232 g/mol. The summed E-state index contributed by atoms with van der Waals surface area (Å²) in [6.45, 7) is 2.16. The van der Waals surface area contributed by atoms with Crippen molar-refractivity contribution in [3.63, 3.8) is 0 Å². The molecule has 2 aliphatic rings. The van der Waals surface area contributed by atoms with Gasteiger partial charge in [0.25, 0.3) is 0 Å². The first-order valence-corrected chi connectivity index (χ1v) is 7.67. The molecule has 0 aromatic heterocycles. The van der Waals surface area contributed by atoms with Crippen molar-refractivity contribution in [1.82, 2.24) is 0 Å². The van der Waals surface area contributed by atoms with Gasteiger partial charge in [-0.3, -0.25) is 4.99 Å². The first-order valence-electron chi connectivity index (χ1n) is 7.67. The second kappa shape index (κ2) is 5.46. The summed E-state index contributed by atoms with van der Waals surface area (Å²) in [6.07, 6.45) is 8.76. The number of aryl methyl sites for hydroxylation is 1. The first-order chi connectivity index (χ1) is 9.24. The number of rotatable bonds is 2. The van der Waals surface area contributed by atoms with Gasteiger partial charge in [-0.2, -0.15) is 0 Å². The number of aliphatic imine (C=N–C) groups is 1. The highest BCUT2D eigenvalue weighted by atomic mass is 14.8. The third-order valence-corrected chi connectivity index (χ3v) is 4.62. The Kier molecular flexibility index (Phi) is 3.69. The van der Waals surface area contributed by atoms with E-state index in [0.717, 1.165) is 6.42 Å². The van der Waals surface area contributed by atoms with Gasteiger partial charge in [0.2, 0.25) is 0 Å². The molecule has 1 aromatic carbocycles. The molecule has 0 bridgehead atoms. The predicted molar refractivity (Wildman–Crippen MR) is 80.8 cm³/mol. The molecule has 2 heteroatoms. The topological polar surface area (TPSA) is 38.4 Å². The number of nitrogens with two attached hydrogens (primary N) is 1. The zero-order chi connectivity index (χ0) is 13.2. The molecule has 2 N–H and O–H groups in total. The van der Waals surface area contributed by atoms with E-state index in [4.69, 9.17) is 10.7 Å². The van der Waals surface area contributed by atoms with Crippen LogP contribution in [-0.4, -0.2) is 11.8 Å². The van der Waals surface area contributed by atoms with E-state index in [-0.39, 0.29) is 6.04 Å². The van der Waals surface area contributed by atoms with Crippen LogP contribution < -0.4 is 5.73 Å². The van der Waals surface area contributed by atoms with Crippen LogP contribution in [0.5, 0.6) is 0 Å². The van der Waals surface area contributed by atoms with Crippen molar-refractivity contribution in [1.29, 1.82) is 0 Å². The highest BCUT2D eigenvalue weighted by Crippen LogP contribution is 2.29. The molecule has 0 aliphatic heterocycles. The second-order valence-electron chi connectivity index (χ2n) is 6.07. The third-order valence-electron chi connectivity index (χ3n) is 4.62. The van der Waals surface area contributed by atoms with Crippen molar-refractivity contribution in [3.05, 3.63) is 34.9 Å². The molecule has 1 saturated carbocycles. The van der Waals surface area contributed by atoms with E-state index in [9.17, 15) is 0 Å². The molecule has 0 radical (unpaired) electrons. The summed E-state index contributed by atoms with van der Waals surface area (Å²) in [5.74, 6) is 0. The molecule has 1 unspecified atom stereocenters. The summed E-state index contributed by atoms with van der Waals surface area (Å²) in [4.78, 5) is 4.90. The van der Waals surface area contributed by atoms with Crippen molar-refractivity contribution in [2.75, 3.05) is 0 Å². The van der Waals surface area contributed by atoms with Crippen molar-refractivity contribution >= 4 is 5.71 Å². The lowest BCUT2D eigenvalue weighted by molar-refractivity contribution is 0.570. The lowest BCUT2D eigenvalue weighted by Gasteiger charge is -2.22. The molecule has 1 atom stereocenters. The normalized spacial score (nSPS) is 24.5. The predicted octanol–water partition coefficient (Wildman–Crippen LogP) is 3.77. The van der Waals surface area contributed by atoms with E-state index >= 15 is 0 Å². The second-order valence-corrected chi connectivity index (χ2v) is 6.07. The Morgan fingerprint density at radius 1 is 1.16 bits per heavy atom. The SMILES string of the molecule is CC(=NC1CCCC1)c1ccc2c(c1)CCCC2N.